The Labute approximate surface area is 182 Å². The van der Waals surface area contributed by atoms with Gasteiger partial charge in [-0.3, -0.25) is 4.55 Å². The summed E-state index contributed by atoms with van der Waals surface area (Å²) in [4.78, 5) is 12.1. The van der Waals surface area contributed by atoms with Crippen molar-refractivity contribution in [3.8, 4) is 0 Å². The monoisotopic (exact) mass is 481 g/mol. The van der Waals surface area contributed by atoms with Gasteiger partial charge in [0.25, 0.3) is 0 Å². The van der Waals surface area contributed by atoms with Crippen LogP contribution in [0.1, 0.15) is 17.3 Å². The summed E-state index contributed by atoms with van der Waals surface area (Å²) in [6, 6.07) is 8.07. The van der Waals surface area contributed by atoms with Crippen molar-refractivity contribution in [1.82, 2.24) is 0 Å². The van der Waals surface area contributed by atoms with Gasteiger partial charge in [-0.05, 0) is 12.1 Å². The van der Waals surface area contributed by atoms with Crippen LogP contribution in [0.3, 0.4) is 0 Å². The van der Waals surface area contributed by atoms with Gasteiger partial charge in [0.2, 0.25) is 0 Å². The molecule has 5 N–H and O–H groups in total. The van der Waals surface area contributed by atoms with Crippen LogP contribution in [0, 0.1) is 5.92 Å². The van der Waals surface area contributed by atoms with Gasteiger partial charge in [-0.1, -0.05) is 42.0 Å². The lowest BCUT2D eigenvalue weighted by Crippen LogP contribution is -2.57. The zero-order valence-electron chi connectivity index (χ0n) is 16.2. The number of ether oxygens (including phenoxy) is 2. The molecule has 1 aliphatic rings. The van der Waals surface area contributed by atoms with E-state index in [4.69, 9.17) is 14.0 Å². The van der Waals surface area contributed by atoms with E-state index in [0.29, 0.717) is 11.8 Å². The van der Waals surface area contributed by atoms with Crippen LogP contribution in [0.2, 0.25) is 0 Å². The zero-order chi connectivity index (χ0) is 23.2. The van der Waals surface area contributed by atoms with Gasteiger partial charge in [-0.15, -0.1) is 0 Å². The van der Waals surface area contributed by atoms with Crippen LogP contribution in [0.25, 0.3) is 0 Å². The van der Waals surface area contributed by atoms with Crippen LogP contribution in [-0.4, -0.2) is 87.5 Å². The van der Waals surface area contributed by atoms with Crippen molar-refractivity contribution in [1.29, 1.82) is 0 Å². The number of oxime groups is 1. The Hall–Kier alpha value is -1.78. The van der Waals surface area contributed by atoms with Crippen molar-refractivity contribution in [3.63, 3.8) is 0 Å². The number of hydrogen-bond acceptors (Lipinski definition) is 12. The van der Waals surface area contributed by atoms with Crippen molar-refractivity contribution in [2.45, 2.75) is 36.8 Å². The molecule has 6 atom stereocenters. The number of carbonyl (C=O) groups is 1. The molecule has 12 nitrogen and oxygen atoms in total. The number of benzene rings is 1. The molecule has 0 unspecified atom stereocenters. The van der Waals surface area contributed by atoms with Crippen molar-refractivity contribution >= 4 is 33.2 Å². The quantitative estimate of drug-likeness (QED) is 0.102. The number of rotatable bonds is 8. The minimum atomic E-state index is -4.96. The van der Waals surface area contributed by atoms with Crippen LogP contribution in [0.5, 0.6) is 0 Å². The molecule has 0 bridgehead atoms. The molecule has 174 valence electrons. The highest BCUT2D eigenvalue weighted by Gasteiger charge is 2.44. The number of hydrogen-bond donors (Lipinski definition) is 5. The van der Waals surface area contributed by atoms with Crippen LogP contribution >= 0.6 is 11.8 Å². The van der Waals surface area contributed by atoms with Crippen molar-refractivity contribution < 1.29 is 51.9 Å². The largest absolute Gasteiger partial charge is 0.466 e. The van der Waals surface area contributed by atoms with Gasteiger partial charge in [0.05, 0.1) is 12.2 Å². The highest BCUT2D eigenvalue weighted by molar-refractivity contribution is 8.14. The third-order valence-electron chi connectivity index (χ3n) is 4.20. The van der Waals surface area contributed by atoms with Gasteiger partial charge in [0.1, 0.15) is 41.5 Å². The molecule has 2 rings (SSSR count). The van der Waals surface area contributed by atoms with Crippen molar-refractivity contribution in [3.05, 3.63) is 35.9 Å². The van der Waals surface area contributed by atoms with Gasteiger partial charge in [0.15, 0.2) is 0 Å². The lowest BCUT2D eigenvalue weighted by molar-refractivity contribution is -0.205. The molecule has 0 spiro atoms. The second-order valence-electron chi connectivity index (χ2n) is 6.61. The first-order chi connectivity index (χ1) is 14.5. The average Bonchev–Trinajstić information content (AvgIpc) is 2.74. The van der Waals surface area contributed by atoms with Crippen LogP contribution < -0.4 is 0 Å². The molecular weight excluding hydrogens is 458 g/mol. The van der Waals surface area contributed by atoms with E-state index in [-0.39, 0.29) is 17.2 Å². The molecule has 0 aliphatic carbocycles. The summed E-state index contributed by atoms with van der Waals surface area (Å²) >= 11 is 0.599. The highest BCUT2D eigenvalue weighted by atomic mass is 32.3. The van der Waals surface area contributed by atoms with Crippen molar-refractivity contribution in [2.75, 3.05) is 13.2 Å². The third kappa shape index (κ3) is 7.40. The second-order valence-corrected chi connectivity index (χ2v) is 8.74. The fourth-order valence-corrected chi connectivity index (χ4v) is 3.86. The topological polar surface area (TPSA) is 192 Å². The van der Waals surface area contributed by atoms with Crippen molar-refractivity contribution in [2.24, 2.45) is 11.1 Å². The summed E-state index contributed by atoms with van der Waals surface area (Å²) in [5.74, 6) is -1.45. The van der Waals surface area contributed by atoms with Crippen LogP contribution in [-0.2, 0) is 24.2 Å². The lowest BCUT2D eigenvalue weighted by Gasteiger charge is -2.39. The second kappa shape index (κ2) is 11.2. The standard InChI is InChI=1S/C17H23NO11S2/c1-9(8-27-16(23)10-5-3-2-4-6-10)15(18-29-31(24,25)26)30-17-14(22)13(21)12(20)11(7-19)28-17/h2-6,9,11-14,17,19-22H,7-8H2,1H3,(H,24,25,26)/t9-,11+,12+,13-,14+,17-/m0/s1. The molecule has 1 aliphatic heterocycles. The van der Waals surface area contributed by atoms with Gasteiger partial charge in [-0.25, -0.2) is 9.08 Å². The van der Waals surface area contributed by atoms with Gasteiger partial charge in [0, 0.05) is 5.92 Å². The number of aliphatic hydroxyl groups excluding tert-OH is 4. The molecule has 1 fully saturated rings. The molecule has 1 heterocycles. The summed E-state index contributed by atoms with van der Waals surface area (Å²) in [5.41, 5.74) is -1.02. The van der Waals surface area contributed by atoms with E-state index < -0.39 is 58.7 Å². The minimum absolute atomic E-state index is 0.178. The number of thioether (sulfide) groups is 1. The fraction of sp³-hybridized carbons (Fsp3) is 0.529. The summed E-state index contributed by atoms with van der Waals surface area (Å²) in [6.45, 7) is 0.535. The van der Waals surface area contributed by atoms with E-state index in [1.165, 1.54) is 19.1 Å². The first kappa shape index (κ1) is 25.5. The number of nitrogens with zero attached hydrogens (tertiary/aromatic N) is 1. The maximum absolute atomic E-state index is 12.1. The fourth-order valence-electron chi connectivity index (χ4n) is 2.52. The Morgan fingerprint density at radius 2 is 1.84 bits per heavy atom. The van der Waals surface area contributed by atoms with E-state index in [9.17, 15) is 33.6 Å². The highest BCUT2D eigenvalue weighted by Crippen LogP contribution is 2.31. The first-order valence-electron chi connectivity index (χ1n) is 8.96. The molecule has 14 heteroatoms. The molecule has 0 radical (unpaired) electrons. The molecule has 1 saturated heterocycles. The summed E-state index contributed by atoms with van der Waals surface area (Å²) < 4.78 is 45.1. The maximum atomic E-state index is 12.1. The molecular formula is C17H23NO11S2. The predicted octanol–water partition coefficient (Wildman–Crippen LogP) is -0.854. The summed E-state index contributed by atoms with van der Waals surface area (Å²) in [6.07, 6.45) is -6.10. The van der Waals surface area contributed by atoms with E-state index >= 15 is 0 Å². The Morgan fingerprint density at radius 1 is 1.19 bits per heavy atom. The maximum Gasteiger partial charge on any atom is 0.466 e. The third-order valence-corrected chi connectivity index (χ3v) is 5.81. The van der Waals surface area contributed by atoms with E-state index in [1.807, 2.05) is 0 Å². The van der Waals surface area contributed by atoms with E-state index in [1.54, 1.807) is 18.2 Å². The van der Waals surface area contributed by atoms with Gasteiger partial charge < -0.3 is 29.9 Å². The summed E-state index contributed by atoms with van der Waals surface area (Å²) in [5, 5.41) is 42.3. The first-order valence-corrected chi connectivity index (χ1v) is 11.2. The number of aliphatic hydroxyl groups is 4. The Bertz CT molecular complexity index is 862. The molecule has 1 aromatic rings. The Balaban J connectivity index is 2.13. The average molecular weight is 482 g/mol. The smallest absolute Gasteiger partial charge is 0.461 e. The van der Waals surface area contributed by atoms with E-state index in [0.717, 1.165) is 0 Å². The molecule has 1 aromatic carbocycles. The molecule has 31 heavy (non-hydrogen) atoms. The zero-order valence-corrected chi connectivity index (χ0v) is 17.8. The summed E-state index contributed by atoms with van der Waals surface area (Å²) in [7, 11) is -4.96. The van der Waals surface area contributed by atoms with Crippen LogP contribution in [0.4, 0.5) is 0 Å². The minimum Gasteiger partial charge on any atom is -0.461 e. The van der Waals surface area contributed by atoms with Gasteiger partial charge >= 0.3 is 16.4 Å². The Kier molecular flexibility index (Phi) is 9.20. The molecule has 0 aromatic heterocycles. The normalized spacial score (nSPS) is 28.1. The van der Waals surface area contributed by atoms with E-state index in [2.05, 4.69) is 9.44 Å². The lowest BCUT2D eigenvalue weighted by atomic mass is 10.0. The predicted molar refractivity (Wildman–Crippen MR) is 107 cm³/mol. The number of esters is 1. The number of carbonyl (C=O) groups excluding carboxylic acids is 1. The van der Waals surface area contributed by atoms with Gasteiger partial charge in [-0.2, -0.15) is 8.42 Å². The molecule has 0 amide bonds. The van der Waals surface area contributed by atoms with Crippen LogP contribution in [0.15, 0.2) is 35.5 Å². The molecule has 0 saturated carbocycles. The Morgan fingerprint density at radius 3 is 2.42 bits per heavy atom. The SMILES string of the molecule is C[C@@H](COC(=O)c1ccccc1)C(=NOS(=O)(=O)O)S[C@@H]1O[C@H](CO)[C@@H](O)[C@H](O)[C@H]1O.